The van der Waals surface area contributed by atoms with Crippen LogP contribution in [0.3, 0.4) is 0 Å². The number of hydrogen-bond acceptors (Lipinski definition) is 1. The molecule has 0 saturated heterocycles. The van der Waals surface area contributed by atoms with Crippen LogP contribution in [0.25, 0.3) is 11.1 Å². The Labute approximate surface area is 121 Å². The maximum absolute atomic E-state index is 8.81. The summed E-state index contributed by atoms with van der Waals surface area (Å²) in [5, 5.41) is 8.81. The number of aryl methyl sites for hydroxylation is 1. The van der Waals surface area contributed by atoms with Gasteiger partial charge in [0.2, 0.25) is 0 Å². The molecule has 1 N–H and O–H groups in total. The first-order valence-electron chi connectivity index (χ1n) is 7.70. The molecule has 0 fully saturated rings. The van der Waals surface area contributed by atoms with Gasteiger partial charge in [-0.2, -0.15) is 0 Å². The predicted octanol–water partition coefficient (Wildman–Crippen LogP) is 4.35. The molecule has 0 amide bonds. The lowest BCUT2D eigenvalue weighted by atomic mass is 9.97. The third-order valence-corrected chi connectivity index (χ3v) is 4.30. The van der Waals surface area contributed by atoms with Gasteiger partial charge in [-0.25, -0.2) is 0 Å². The summed E-state index contributed by atoms with van der Waals surface area (Å²) < 4.78 is 0. The Morgan fingerprint density at radius 3 is 2.50 bits per heavy atom. The second-order valence-electron chi connectivity index (χ2n) is 5.66. The summed E-state index contributed by atoms with van der Waals surface area (Å²) in [6, 6.07) is 15.5. The minimum absolute atomic E-state index is 0.329. The Balaban J connectivity index is 1.73. The molecule has 0 heterocycles. The summed E-state index contributed by atoms with van der Waals surface area (Å²) in [6.45, 7) is 0.329. The van der Waals surface area contributed by atoms with Gasteiger partial charge in [-0.05, 0) is 53.5 Å². The minimum Gasteiger partial charge on any atom is -0.396 e. The van der Waals surface area contributed by atoms with Crippen LogP contribution < -0.4 is 0 Å². The largest absolute Gasteiger partial charge is 0.396 e. The van der Waals surface area contributed by atoms with Crippen molar-refractivity contribution < 1.29 is 5.11 Å². The first kappa shape index (κ1) is 13.4. The van der Waals surface area contributed by atoms with Crippen LogP contribution in [0, 0.1) is 0 Å². The van der Waals surface area contributed by atoms with E-state index in [0.29, 0.717) is 6.61 Å². The number of aliphatic hydroxyl groups excluding tert-OH is 1. The summed E-state index contributed by atoms with van der Waals surface area (Å²) in [6.07, 6.45) is 6.80. The summed E-state index contributed by atoms with van der Waals surface area (Å²) in [7, 11) is 0. The van der Waals surface area contributed by atoms with Crippen molar-refractivity contribution in [2.24, 2.45) is 0 Å². The molecule has 3 rings (SSSR count). The van der Waals surface area contributed by atoms with Crippen molar-refractivity contribution in [1.29, 1.82) is 0 Å². The topological polar surface area (TPSA) is 20.2 Å². The number of fused-ring (bicyclic) bond motifs is 3. The van der Waals surface area contributed by atoms with Gasteiger partial charge in [-0.15, -0.1) is 0 Å². The average Bonchev–Trinajstić information content (AvgIpc) is 2.87. The molecular weight excluding hydrogens is 244 g/mol. The first-order valence-corrected chi connectivity index (χ1v) is 7.70. The van der Waals surface area contributed by atoms with Gasteiger partial charge in [0.1, 0.15) is 0 Å². The number of benzene rings is 2. The number of aliphatic hydroxyl groups is 1. The molecule has 104 valence electrons. The Kier molecular flexibility index (Phi) is 4.17. The van der Waals surface area contributed by atoms with Crippen molar-refractivity contribution in [3.63, 3.8) is 0 Å². The molecule has 0 unspecified atom stereocenters. The summed E-state index contributed by atoms with van der Waals surface area (Å²) >= 11 is 0. The highest BCUT2D eigenvalue weighted by Gasteiger charge is 2.19. The van der Waals surface area contributed by atoms with Crippen LogP contribution >= 0.6 is 0 Å². The SMILES string of the molecule is OCCCCCCc1cccc2c1Cc1ccccc1-2. The normalized spacial score (nSPS) is 12.2. The highest BCUT2D eigenvalue weighted by molar-refractivity contribution is 5.77. The maximum Gasteiger partial charge on any atom is 0.0431 e. The van der Waals surface area contributed by atoms with Gasteiger partial charge in [0, 0.05) is 6.61 Å². The van der Waals surface area contributed by atoms with E-state index >= 15 is 0 Å². The van der Waals surface area contributed by atoms with Crippen molar-refractivity contribution in [3.8, 4) is 11.1 Å². The van der Waals surface area contributed by atoms with Gasteiger partial charge in [-0.1, -0.05) is 55.3 Å². The van der Waals surface area contributed by atoms with Crippen LogP contribution in [0.2, 0.25) is 0 Å². The Morgan fingerprint density at radius 2 is 1.60 bits per heavy atom. The number of unbranched alkanes of at least 4 members (excludes halogenated alkanes) is 3. The first-order chi connectivity index (χ1) is 9.90. The molecule has 1 aliphatic rings. The van der Waals surface area contributed by atoms with E-state index in [1.165, 1.54) is 47.1 Å². The predicted molar refractivity (Wildman–Crippen MR) is 83.9 cm³/mol. The zero-order valence-electron chi connectivity index (χ0n) is 11.9. The van der Waals surface area contributed by atoms with Gasteiger partial charge >= 0.3 is 0 Å². The van der Waals surface area contributed by atoms with Gasteiger partial charge in [0.15, 0.2) is 0 Å². The highest BCUT2D eigenvalue weighted by atomic mass is 16.2. The summed E-state index contributed by atoms with van der Waals surface area (Å²) in [5.41, 5.74) is 7.38. The Bertz CT molecular complexity index is 586. The van der Waals surface area contributed by atoms with Crippen molar-refractivity contribution in [3.05, 3.63) is 59.2 Å². The molecule has 0 spiro atoms. The van der Waals surface area contributed by atoms with Crippen molar-refractivity contribution >= 4 is 0 Å². The molecule has 1 nitrogen and oxygen atoms in total. The second kappa shape index (κ2) is 6.23. The Hall–Kier alpha value is -1.60. The Morgan fingerprint density at radius 1 is 0.800 bits per heavy atom. The lowest BCUT2D eigenvalue weighted by molar-refractivity contribution is 0.282. The van der Waals surface area contributed by atoms with Crippen LogP contribution in [0.1, 0.15) is 42.4 Å². The third-order valence-electron chi connectivity index (χ3n) is 4.30. The fourth-order valence-electron chi connectivity index (χ4n) is 3.24. The van der Waals surface area contributed by atoms with Crippen LogP contribution in [-0.2, 0) is 12.8 Å². The molecule has 0 atom stereocenters. The van der Waals surface area contributed by atoms with E-state index in [1.54, 1.807) is 0 Å². The quantitative estimate of drug-likeness (QED) is 0.657. The molecular formula is C19H22O. The molecule has 2 aromatic rings. The summed E-state index contributed by atoms with van der Waals surface area (Å²) in [5.74, 6) is 0. The monoisotopic (exact) mass is 266 g/mol. The van der Waals surface area contributed by atoms with E-state index in [4.69, 9.17) is 5.11 Å². The van der Waals surface area contributed by atoms with Gasteiger partial charge in [0.25, 0.3) is 0 Å². The fourth-order valence-corrected chi connectivity index (χ4v) is 3.24. The van der Waals surface area contributed by atoms with Gasteiger partial charge < -0.3 is 5.11 Å². The van der Waals surface area contributed by atoms with E-state index < -0.39 is 0 Å². The average molecular weight is 266 g/mol. The van der Waals surface area contributed by atoms with Crippen LogP contribution in [0.4, 0.5) is 0 Å². The van der Waals surface area contributed by atoms with E-state index in [1.807, 2.05) is 0 Å². The van der Waals surface area contributed by atoms with Crippen molar-refractivity contribution in [1.82, 2.24) is 0 Å². The molecule has 0 bridgehead atoms. The van der Waals surface area contributed by atoms with Gasteiger partial charge in [0.05, 0.1) is 0 Å². The molecule has 1 aliphatic carbocycles. The summed E-state index contributed by atoms with van der Waals surface area (Å²) in [4.78, 5) is 0. The molecule has 2 aromatic carbocycles. The van der Waals surface area contributed by atoms with Crippen LogP contribution in [0.15, 0.2) is 42.5 Å². The van der Waals surface area contributed by atoms with Crippen LogP contribution in [-0.4, -0.2) is 11.7 Å². The second-order valence-corrected chi connectivity index (χ2v) is 5.66. The van der Waals surface area contributed by atoms with E-state index in [9.17, 15) is 0 Å². The highest BCUT2D eigenvalue weighted by Crippen LogP contribution is 2.38. The molecule has 0 aromatic heterocycles. The maximum atomic E-state index is 8.81. The van der Waals surface area contributed by atoms with Crippen LogP contribution in [0.5, 0.6) is 0 Å². The fraction of sp³-hybridized carbons (Fsp3) is 0.368. The molecule has 0 saturated carbocycles. The standard InChI is InChI=1S/C19H22O/c20-13-6-2-1-3-8-15-10-7-12-18-17-11-5-4-9-16(17)14-19(15)18/h4-5,7,9-12,20H,1-3,6,8,13-14H2. The van der Waals surface area contributed by atoms with E-state index in [0.717, 1.165) is 19.3 Å². The van der Waals surface area contributed by atoms with E-state index in [2.05, 4.69) is 42.5 Å². The van der Waals surface area contributed by atoms with Crippen molar-refractivity contribution in [2.75, 3.05) is 6.61 Å². The van der Waals surface area contributed by atoms with Gasteiger partial charge in [-0.3, -0.25) is 0 Å². The van der Waals surface area contributed by atoms with Crippen molar-refractivity contribution in [2.45, 2.75) is 38.5 Å². The molecule has 1 heteroatoms. The third kappa shape index (κ3) is 2.64. The molecule has 0 aliphatic heterocycles. The lowest BCUT2D eigenvalue weighted by Gasteiger charge is -2.08. The molecule has 20 heavy (non-hydrogen) atoms. The zero-order valence-corrected chi connectivity index (χ0v) is 11.9. The lowest BCUT2D eigenvalue weighted by Crippen LogP contribution is -1.94. The number of rotatable bonds is 6. The smallest absolute Gasteiger partial charge is 0.0431 e. The molecule has 0 radical (unpaired) electrons. The number of hydrogen-bond donors (Lipinski definition) is 1. The van der Waals surface area contributed by atoms with E-state index in [-0.39, 0.29) is 0 Å². The minimum atomic E-state index is 0.329. The zero-order chi connectivity index (χ0) is 13.8.